The summed E-state index contributed by atoms with van der Waals surface area (Å²) in [7, 11) is 1.31. The molecule has 6 rings (SSSR count). The molecule has 0 fully saturated rings. The number of carbonyl (C=O) groups is 4. The van der Waals surface area contributed by atoms with Crippen molar-refractivity contribution in [1.82, 2.24) is 35.6 Å². The van der Waals surface area contributed by atoms with Crippen molar-refractivity contribution in [3.05, 3.63) is 93.2 Å². The number of hydrogen-bond donors (Lipinski definition) is 7. The molecule has 5 atom stereocenters. The van der Waals surface area contributed by atoms with Crippen molar-refractivity contribution in [1.29, 1.82) is 0 Å². The second-order valence-electron chi connectivity index (χ2n) is 15.7. The van der Waals surface area contributed by atoms with Crippen molar-refractivity contribution in [3.8, 4) is 0 Å². The number of aliphatic hydroxyl groups excluding tert-OH is 2. The van der Waals surface area contributed by atoms with Gasteiger partial charge in [0.2, 0.25) is 5.91 Å². The minimum Gasteiger partial charge on any atom is -0.469 e. The monoisotopic (exact) mass is 820 g/mol. The van der Waals surface area contributed by atoms with E-state index in [1.807, 2.05) is 57.2 Å². The topological polar surface area (TPSA) is 224 Å². The first-order valence-corrected chi connectivity index (χ1v) is 20.6. The van der Waals surface area contributed by atoms with Gasteiger partial charge in [0.25, 0.3) is 5.91 Å². The molecule has 2 aliphatic rings. The van der Waals surface area contributed by atoms with E-state index in [1.165, 1.54) is 7.11 Å². The van der Waals surface area contributed by atoms with E-state index < -0.39 is 24.6 Å². The number of pyridine rings is 1. The number of fused-ring (bicyclic) bond motifs is 8. The van der Waals surface area contributed by atoms with E-state index in [0.29, 0.717) is 74.5 Å². The Balaban J connectivity index is 1.63. The molecule has 60 heavy (non-hydrogen) atoms. The minimum atomic E-state index is -1.10. The number of carbonyl (C=O) groups excluding carboxylic acids is 4. The highest BCUT2D eigenvalue weighted by atomic mass is 16.5. The number of amides is 2. The zero-order chi connectivity index (χ0) is 43.2. The average Bonchev–Trinajstić information content (AvgIpc) is 3.92. The number of esters is 1. The van der Waals surface area contributed by atoms with Gasteiger partial charge in [-0.1, -0.05) is 26.8 Å². The maximum atomic E-state index is 14.4. The molecule has 0 saturated carbocycles. The molecule has 2 amide bonds. The number of ether oxygens (including phenoxy) is 1. The van der Waals surface area contributed by atoms with Gasteiger partial charge in [-0.05, 0) is 75.1 Å². The highest BCUT2D eigenvalue weighted by molar-refractivity contribution is 6.06. The Morgan fingerprint density at radius 3 is 2.25 bits per heavy atom. The molecule has 7 N–H and O–H groups in total. The summed E-state index contributed by atoms with van der Waals surface area (Å²) in [6.07, 6.45) is 1.50. The maximum Gasteiger partial charge on any atom is 0.310 e. The van der Waals surface area contributed by atoms with E-state index in [9.17, 15) is 29.4 Å². The van der Waals surface area contributed by atoms with Crippen molar-refractivity contribution in [3.63, 3.8) is 0 Å². The molecule has 15 nitrogen and oxygen atoms in total. The molecule has 0 spiro atoms. The second-order valence-corrected chi connectivity index (χ2v) is 15.7. The fourth-order valence-electron chi connectivity index (χ4n) is 8.44. The zero-order valence-electron chi connectivity index (χ0n) is 35.4. The SMILES string of the molecule is CC[C@H]1c2cc3[nH]c(c(CC(=O)OC)c4nc(cc5[nH]c(cc(n2)[C@@H]1C)c(C(C)=O)c5C)[C@@H](C)[C@@H]4CCC(=O)NCC(O)CO)c(C(=O)NCCNc1ccccn1)c3C. The van der Waals surface area contributed by atoms with Gasteiger partial charge in [0.05, 0.1) is 48.5 Å². The third-order valence-corrected chi connectivity index (χ3v) is 11.9. The van der Waals surface area contributed by atoms with Crippen LogP contribution in [0.15, 0.2) is 42.6 Å². The number of aromatic nitrogens is 5. The molecule has 0 saturated heterocycles. The van der Waals surface area contributed by atoms with Gasteiger partial charge in [-0.15, -0.1) is 0 Å². The van der Waals surface area contributed by atoms with Crippen LogP contribution in [0.3, 0.4) is 0 Å². The average molecular weight is 821 g/mol. The Kier molecular flexibility index (Phi) is 13.8. The summed E-state index contributed by atoms with van der Waals surface area (Å²) in [5.74, 6) is -1.27. The molecule has 15 heteroatoms. The lowest BCUT2D eigenvalue weighted by molar-refractivity contribution is -0.139. The van der Waals surface area contributed by atoms with Crippen LogP contribution in [0.5, 0.6) is 0 Å². The van der Waals surface area contributed by atoms with Gasteiger partial charge in [0.15, 0.2) is 5.78 Å². The summed E-state index contributed by atoms with van der Waals surface area (Å²) >= 11 is 0. The third kappa shape index (κ3) is 9.27. The number of H-pyrrole nitrogens is 2. The van der Waals surface area contributed by atoms with Gasteiger partial charge in [-0.25, -0.2) is 4.98 Å². The van der Waals surface area contributed by atoms with Crippen LogP contribution in [0.1, 0.15) is 131 Å². The molecule has 2 aliphatic heterocycles. The largest absolute Gasteiger partial charge is 0.469 e. The van der Waals surface area contributed by atoms with Crippen LogP contribution >= 0.6 is 0 Å². The maximum absolute atomic E-state index is 14.4. The van der Waals surface area contributed by atoms with E-state index in [1.54, 1.807) is 13.1 Å². The Morgan fingerprint density at radius 1 is 0.883 bits per heavy atom. The van der Waals surface area contributed by atoms with Gasteiger partial charge >= 0.3 is 5.97 Å². The van der Waals surface area contributed by atoms with Crippen LogP contribution in [0.25, 0.3) is 22.1 Å². The van der Waals surface area contributed by atoms with Crippen molar-refractivity contribution in [2.24, 2.45) is 0 Å². The lowest BCUT2D eigenvalue weighted by Gasteiger charge is -2.18. The van der Waals surface area contributed by atoms with Crippen LogP contribution in [0, 0.1) is 13.8 Å². The van der Waals surface area contributed by atoms with E-state index in [4.69, 9.17) is 14.7 Å². The molecular formula is C45H56N8O7. The van der Waals surface area contributed by atoms with Crippen molar-refractivity contribution >= 4 is 51.5 Å². The molecular weight excluding hydrogens is 765 g/mol. The van der Waals surface area contributed by atoms with E-state index in [2.05, 4.69) is 44.7 Å². The Morgan fingerprint density at radius 2 is 1.57 bits per heavy atom. The number of nitrogens with one attached hydrogen (secondary N) is 5. The number of nitrogens with zero attached hydrogens (tertiary/aromatic N) is 3. The Bertz CT molecular complexity index is 2430. The molecule has 0 radical (unpaired) electrons. The van der Waals surface area contributed by atoms with Crippen LogP contribution in [-0.2, 0) is 20.7 Å². The second kappa shape index (κ2) is 19.0. The summed E-state index contributed by atoms with van der Waals surface area (Å²) in [4.78, 5) is 75.8. The molecule has 8 bridgehead atoms. The van der Waals surface area contributed by atoms with Crippen molar-refractivity contribution in [2.45, 2.75) is 97.0 Å². The van der Waals surface area contributed by atoms with Crippen LogP contribution in [0.4, 0.5) is 5.82 Å². The fraction of sp³-hybridized carbons (Fsp3) is 0.444. The molecule has 6 heterocycles. The first-order valence-electron chi connectivity index (χ1n) is 20.6. The summed E-state index contributed by atoms with van der Waals surface area (Å²) in [5.41, 5.74) is 7.98. The van der Waals surface area contributed by atoms with E-state index in [-0.39, 0.29) is 61.3 Å². The molecule has 0 aromatic carbocycles. The number of ketones is 1. The lowest BCUT2D eigenvalue weighted by atomic mass is 9.85. The number of aliphatic hydroxyl groups is 2. The van der Waals surface area contributed by atoms with E-state index >= 15 is 0 Å². The quantitative estimate of drug-likeness (QED) is 0.0449. The van der Waals surface area contributed by atoms with Crippen molar-refractivity contribution in [2.75, 3.05) is 38.7 Å². The molecule has 0 aliphatic carbocycles. The summed E-state index contributed by atoms with van der Waals surface area (Å²) in [6, 6.07) is 11.4. The standard InChI is InChI=1S/C45H56N8O7/c1-8-29-23(2)32-20-37-41(27(6)55)25(4)34(51-37)18-33-24(3)30(12-13-39(57)49-21-28(56)22-54)43(52-33)31(17-40(58)60-7)44-42(26(5)35(53-44)19-36(29)50-32)45(59)48-16-15-47-38-11-9-10-14-46-38/h9-11,14,18-20,23-24,28-30,51,53-54,56H,8,12-13,15-17,21-22H2,1-7H3,(H,46,47)(H,48,59)(H,49,57)/t23-,24+,28?,29-,30+/m1/s1. The van der Waals surface area contributed by atoms with Gasteiger partial charge in [0, 0.05) is 95.2 Å². The predicted molar refractivity (Wildman–Crippen MR) is 229 cm³/mol. The normalized spacial score (nSPS) is 17.8. The highest BCUT2D eigenvalue weighted by Gasteiger charge is 2.34. The van der Waals surface area contributed by atoms with Gasteiger partial charge < -0.3 is 40.9 Å². The number of rotatable bonds is 15. The van der Waals surface area contributed by atoms with Crippen LogP contribution in [-0.4, -0.2) is 98.2 Å². The van der Waals surface area contributed by atoms with Crippen LogP contribution in [0.2, 0.25) is 0 Å². The van der Waals surface area contributed by atoms with Gasteiger partial charge in [-0.3, -0.25) is 29.1 Å². The number of Topliss-reactive ketones (excluding diaryl/α,β-unsaturated/α-hetero) is 1. The Labute approximate surface area is 349 Å². The highest BCUT2D eigenvalue weighted by Crippen LogP contribution is 2.43. The molecule has 1 unspecified atom stereocenters. The number of aryl methyl sites for hydroxylation is 2. The number of hydrogen-bond acceptors (Lipinski definition) is 11. The van der Waals surface area contributed by atoms with Gasteiger partial charge in [-0.2, -0.15) is 0 Å². The predicted octanol–water partition coefficient (Wildman–Crippen LogP) is 5.52. The smallest absolute Gasteiger partial charge is 0.310 e. The zero-order valence-corrected chi connectivity index (χ0v) is 35.4. The first kappa shape index (κ1) is 43.6. The number of aromatic amines is 2. The van der Waals surface area contributed by atoms with Crippen molar-refractivity contribution < 1.29 is 34.1 Å². The van der Waals surface area contributed by atoms with E-state index in [0.717, 1.165) is 23.4 Å². The van der Waals surface area contributed by atoms with Crippen LogP contribution < -0.4 is 16.0 Å². The fourth-order valence-corrected chi connectivity index (χ4v) is 8.44. The number of methoxy groups -OCH3 is 1. The van der Waals surface area contributed by atoms with Gasteiger partial charge in [0.1, 0.15) is 5.82 Å². The summed E-state index contributed by atoms with van der Waals surface area (Å²) in [5, 5.41) is 28.1. The molecule has 4 aromatic rings. The summed E-state index contributed by atoms with van der Waals surface area (Å²) in [6.45, 7) is 11.6. The lowest BCUT2D eigenvalue weighted by Crippen LogP contribution is -2.34. The number of anilines is 1. The third-order valence-electron chi connectivity index (χ3n) is 11.9. The minimum absolute atomic E-state index is 0.0270. The Hall–Kier alpha value is -5.93. The molecule has 318 valence electrons. The molecule has 4 aromatic heterocycles. The first-order chi connectivity index (χ1) is 28.8. The summed E-state index contributed by atoms with van der Waals surface area (Å²) < 4.78 is 5.24.